The average Bonchev–Trinajstić information content (AvgIpc) is 2.70. The SMILES string of the molecule is O=c1ccn2[nH]c(Cc3cccc(O)c3)nc2c1. The van der Waals surface area contributed by atoms with Crippen molar-refractivity contribution >= 4 is 5.65 Å². The van der Waals surface area contributed by atoms with Gasteiger partial charge >= 0.3 is 0 Å². The van der Waals surface area contributed by atoms with Crippen LogP contribution in [0.2, 0.25) is 0 Å². The fourth-order valence-electron chi connectivity index (χ4n) is 1.89. The largest absolute Gasteiger partial charge is 0.508 e. The molecular formula is C13H11N3O2. The molecule has 0 saturated heterocycles. The lowest BCUT2D eigenvalue weighted by molar-refractivity contribution is 0.474. The summed E-state index contributed by atoms with van der Waals surface area (Å²) < 4.78 is 1.69. The Morgan fingerprint density at radius 3 is 3.00 bits per heavy atom. The van der Waals surface area contributed by atoms with Crippen LogP contribution in [0.3, 0.4) is 0 Å². The van der Waals surface area contributed by atoms with Gasteiger partial charge in [-0.1, -0.05) is 12.1 Å². The van der Waals surface area contributed by atoms with Crippen LogP contribution in [0, 0.1) is 0 Å². The van der Waals surface area contributed by atoms with Crippen LogP contribution < -0.4 is 5.43 Å². The third kappa shape index (κ3) is 1.98. The Bertz CT molecular complexity index is 758. The summed E-state index contributed by atoms with van der Waals surface area (Å²) >= 11 is 0. The molecule has 0 bridgehead atoms. The number of benzene rings is 1. The van der Waals surface area contributed by atoms with Crippen molar-refractivity contribution in [3.05, 3.63) is 64.2 Å². The minimum Gasteiger partial charge on any atom is -0.508 e. The average molecular weight is 241 g/mol. The van der Waals surface area contributed by atoms with E-state index < -0.39 is 0 Å². The summed E-state index contributed by atoms with van der Waals surface area (Å²) in [6.07, 6.45) is 2.22. The molecule has 90 valence electrons. The predicted molar refractivity (Wildman–Crippen MR) is 66.7 cm³/mol. The highest BCUT2D eigenvalue weighted by Crippen LogP contribution is 2.13. The van der Waals surface area contributed by atoms with Crippen molar-refractivity contribution in [1.29, 1.82) is 0 Å². The Kier molecular flexibility index (Phi) is 2.37. The van der Waals surface area contributed by atoms with E-state index in [-0.39, 0.29) is 11.2 Å². The van der Waals surface area contributed by atoms with Crippen LogP contribution in [-0.2, 0) is 6.42 Å². The van der Waals surface area contributed by atoms with Crippen LogP contribution in [0.4, 0.5) is 0 Å². The molecule has 5 nitrogen and oxygen atoms in total. The number of fused-ring (bicyclic) bond motifs is 1. The Hall–Kier alpha value is -2.56. The van der Waals surface area contributed by atoms with Crippen LogP contribution in [0.5, 0.6) is 5.75 Å². The van der Waals surface area contributed by atoms with Gasteiger partial charge in [0, 0.05) is 24.8 Å². The molecule has 0 aliphatic rings. The van der Waals surface area contributed by atoms with E-state index in [1.165, 1.54) is 12.1 Å². The number of nitrogens with zero attached hydrogens (tertiary/aromatic N) is 2. The number of aromatic amines is 1. The van der Waals surface area contributed by atoms with Crippen molar-refractivity contribution < 1.29 is 5.11 Å². The molecule has 0 atom stereocenters. The first-order valence-electron chi connectivity index (χ1n) is 5.56. The first-order valence-corrected chi connectivity index (χ1v) is 5.56. The summed E-state index contributed by atoms with van der Waals surface area (Å²) in [5.74, 6) is 0.976. The lowest BCUT2D eigenvalue weighted by Crippen LogP contribution is -1.98. The number of pyridine rings is 1. The Labute approximate surface area is 102 Å². The van der Waals surface area contributed by atoms with Crippen LogP contribution in [0.25, 0.3) is 5.65 Å². The summed E-state index contributed by atoms with van der Waals surface area (Å²) in [7, 11) is 0. The van der Waals surface area contributed by atoms with Gasteiger partial charge in [0.2, 0.25) is 0 Å². The van der Waals surface area contributed by atoms with E-state index in [0.29, 0.717) is 12.1 Å². The monoisotopic (exact) mass is 241 g/mol. The summed E-state index contributed by atoms with van der Waals surface area (Å²) in [5.41, 5.74) is 1.49. The standard InChI is InChI=1S/C13H11N3O2/c17-10-3-1-2-9(6-10)7-12-14-13-8-11(18)4-5-16(13)15-12/h1-6,8,17H,7H2,(H,14,15). The molecule has 0 aliphatic carbocycles. The molecular weight excluding hydrogens is 230 g/mol. The molecule has 3 aromatic rings. The van der Waals surface area contributed by atoms with Crippen LogP contribution >= 0.6 is 0 Å². The first-order chi connectivity index (χ1) is 8.70. The highest BCUT2D eigenvalue weighted by Gasteiger charge is 2.03. The highest BCUT2D eigenvalue weighted by molar-refractivity contribution is 5.37. The molecule has 2 aromatic heterocycles. The number of phenolic OH excluding ortho intramolecular Hbond substituents is 1. The molecule has 2 heterocycles. The van der Waals surface area contributed by atoms with E-state index in [4.69, 9.17) is 0 Å². The topological polar surface area (TPSA) is 70.4 Å². The van der Waals surface area contributed by atoms with E-state index in [0.717, 1.165) is 11.4 Å². The van der Waals surface area contributed by atoms with Crippen LogP contribution in [0.1, 0.15) is 11.4 Å². The van der Waals surface area contributed by atoms with Gasteiger partial charge in [-0.05, 0) is 17.7 Å². The number of aromatic hydroxyl groups is 1. The molecule has 0 spiro atoms. The Balaban J connectivity index is 1.98. The molecule has 2 N–H and O–H groups in total. The molecule has 18 heavy (non-hydrogen) atoms. The highest BCUT2D eigenvalue weighted by atomic mass is 16.3. The van der Waals surface area contributed by atoms with Gasteiger partial charge in [-0.3, -0.25) is 9.89 Å². The van der Waals surface area contributed by atoms with Crippen molar-refractivity contribution in [3.63, 3.8) is 0 Å². The maximum absolute atomic E-state index is 11.2. The fourth-order valence-corrected chi connectivity index (χ4v) is 1.89. The van der Waals surface area contributed by atoms with Gasteiger partial charge in [0.1, 0.15) is 11.6 Å². The van der Waals surface area contributed by atoms with Crippen molar-refractivity contribution in [2.24, 2.45) is 0 Å². The van der Waals surface area contributed by atoms with Gasteiger partial charge in [0.25, 0.3) is 0 Å². The smallest absolute Gasteiger partial charge is 0.183 e. The van der Waals surface area contributed by atoms with E-state index in [2.05, 4.69) is 10.1 Å². The van der Waals surface area contributed by atoms with Gasteiger partial charge in [0.05, 0.1) is 0 Å². The minimum absolute atomic E-state index is 0.0644. The molecule has 5 heteroatoms. The minimum atomic E-state index is -0.0644. The maximum Gasteiger partial charge on any atom is 0.183 e. The zero-order chi connectivity index (χ0) is 12.5. The third-order valence-electron chi connectivity index (χ3n) is 2.69. The van der Waals surface area contributed by atoms with Gasteiger partial charge in [-0.2, -0.15) is 0 Å². The number of phenols is 1. The molecule has 0 unspecified atom stereocenters. The van der Waals surface area contributed by atoms with E-state index in [1.807, 2.05) is 6.07 Å². The second-order valence-corrected chi connectivity index (χ2v) is 4.11. The number of nitrogens with one attached hydrogen (secondary N) is 1. The molecule has 0 aliphatic heterocycles. The molecule has 0 radical (unpaired) electrons. The lowest BCUT2D eigenvalue weighted by Gasteiger charge is -1.98. The second kappa shape index (κ2) is 4.03. The zero-order valence-corrected chi connectivity index (χ0v) is 9.50. The summed E-state index contributed by atoms with van der Waals surface area (Å²) in [6.45, 7) is 0. The van der Waals surface area contributed by atoms with E-state index >= 15 is 0 Å². The fraction of sp³-hybridized carbons (Fsp3) is 0.0769. The van der Waals surface area contributed by atoms with Gasteiger partial charge in [-0.25, -0.2) is 9.50 Å². The van der Waals surface area contributed by atoms with Gasteiger partial charge in [-0.15, -0.1) is 0 Å². The van der Waals surface area contributed by atoms with E-state index in [1.54, 1.807) is 28.9 Å². The van der Waals surface area contributed by atoms with Crippen LogP contribution in [0.15, 0.2) is 47.4 Å². The number of hydrogen-bond acceptors (Lipinski definition) is 3. The predicted octanol–water partition coefficient (Wildman–Crippen LogP) is 1.32. The number of aromatic nitrogens is 3. The third-order valence-corrected chi connectivity index (χ3v) is 2.69. The van der Waals surface area contributed by atoms with Crippen molar-refractivity contribution in [3.8, 4) is 5.75 Å². The quantitative estimate of drug-likeness (QED) is 0.710. The number of rotatable bonds is 2. The normalized spacial score (nSPS) is 10.9. The Morgan fingerprint density at radius 1 is 1.28 bits per heavy atom. The first kappa shape index (κ1) is 10.6. The molecule has 0 saturated carbocycles. The lowest BCUT2D eigenvalue weighted by atomic mass is 10.1. The molecule has 1 aromatic carbocycles. The second-order valence-electron chi connectivity index (χ2n) is 4.11. The van der Waals surface area contributed by atoms with Gasteiger partial charge < -0.3 is 5.11 Å². The van der Waals surface area contributed by atoms with Gasteiger partial charge in [0.15, 0.2) is 11.1 Å². The summed E-state index contributed by atoms with van der Waals surface area (Å²) in [5, 5.41) is 12.5. The number of H-pyrrole nitrogens is 1. The summed E-state index contributed by atoms with van der Waals surface area (Å²) in [4.78, 5) is 15.5. The molecule has 0 fully saturated rings. The Morgan fingerprint density at radius 2 is 2.17 bits per heavy atom. The van der Waals surface area contributed by atoms with Crippen molar-refractivity contribution in [2.45, 2.75) is 6.42 Å². The summed E-state index contributed by atoms with van der Waals surface area (Å²) in [6, 6.07) is 9.97. The van der Waals surface area contributed by atoms with E-state index in [9.17, 15) is 9.90 Å². The zero-order valence-electron chi connectivity index (χ0n) is 9.50. The van der Waals surface area contributed by atoms with Crippen molar-refractivity contribution in [2.75, 3.05) is 0 Å². The molecule has 0 amide bonds. The number of hydrogen-bond donors (Lipinski definition) is 2. The van der Waals surface area contributed by atoms with Crippen molar-refractivity contribution in [1.82, 2.24) is 14.6 Å². The maximum atomic E-state index is 11.2. The molecule has 3 rings (SSSR count). The van der Waals surface area contributed by atoms with Crippen LogP contribution in [-0.4, -0.2) is 19.7 Å².